The summed E-state index contributed by atoms with van der Waals surface area (Å²) in [6, 6.07) is 6.88. The molecule has 4 nitrogen and oxygen atoms in total. The zero-order valence-electron chi connectivity index (χ0n) is 19.8. The topological polar surface area (TPSA) is 49.4 Å². The molecule has 1 aliphatic heterocycles. The summed E-state index contributed by atoms with van der Waals surface area (Å²) in [5.74, 6) is 1.51. The number of piperidine rings is 1. The molecule has 6 atom stereocenters. The number of hydrogen-bond donors (Lipinski definition) is 1. The Kier molecular flexibility index (Phi) is 4.80. The van der Waals surface area contributed by atoms with E-state index >= 15 is 0 Å². The molecule has 0 aromatic heterocycles. The highest BCUT2D eigenvalue weighted by Crippen LogP contribution is 2.66. The van der Waals surface area contributed by atoms with E-state index in [-0.39, 0.29) is 34.2 Å². The molecular weight excluding hydrogens is 415 g/mol. The van der Waals surface area contributed by atoms with Crippen LogP contribution in [0, 0.1) is 40.3 Å². The van der Waals surface area contributed by atoms with Crippen LogP contribution in [0.5, 0.6) is 0 Å². The van der Waals surface area contributed by atoms with E-state index in [1.54, 1.807) is 18.2 Å². The molecule has 1 aromatic rings. The molecule has 1 aromatic carbocycles. The number of nitrogens with one attached hydrogen (secondary N) is 1. The van der Waals surface area contributed by atoms with Crippen molar-refractivity contribution in [2.24, 2.45) is 34.5 Å². The second-order valence-corrected chi connectivity index (χ2v) is 11.8. The van der Waals surface area contributed by atoms with Crippen LogP contribution in [0.4, 0.5) is 10.1 Å². The van der Waals surface area contributed by atoms with Crippen molar-refractivity contribution in [3.8, 4) is 0 Å². The van der Waals surface area contributed by atoms with Gasteiger partial charge in [-0.05, 0) is 86.7 Å². The first kappa shape index (κ1) is 21.4. The Morgan fingerprint density at radius 2 is 1.85 bits per heavy atom. The van der Waals surface area contributed by atoms with E-state index in [0.29, 0.717) is 36.1 Å². The molecule has 176 valence electrons. The Balaban J connectivity index is 1.26. The van der Waals surface area contributed by atoms with Crippen molar-refractivity contribution in [2.75, 3.05) is 5.32 Å². The first-order valence-electron chi connectivity index (χ1n) is 12.9. The monoisotopic (exact) mass is 450 g/mol. The fraction of sp³-hybridized carbons (Fsp3) is 0.643. The number of likely N-dealkylation sites (tertiary alicyclic amines) is 1. The largest absolute Gasteiger partial charge is 0.323 e. The van der Waals surface area contributed by atoms with Gasteiger partial charge in [0.05, 0.1) is 5.69 Å². The van der Waals surface area contributed by atoms with Gasteiger partial charge in [-0.3, -0.25) is 9.59 Å². The maximum Gasteiger partial charge on any atom is 0.228 e. The lowest BCUT2D eigenvalue weighted by molar-refractivity contribution is -0.139. The Labute approximate surface area is 196 Å². The van der Waals surface area contributed by atoms with Crippen LogP contribution < -0.4 is 5.32 Å². The fourth-order valence-corrected chi connectivity index (χ4v) is 8.33. The molecule has 0 unspecified atom stereocenters. The summed E-state index contributed by atoms with van der Waals surface area (Å²) in [6.45, 7) is 4.73. The van der Waals surface area contributed by atoms with E-state index in [9.17, 15) is 14.0 Å². The van der Waals surface area contributed by atoms with Gasteiger partial charge in [-0.15, -0.1) is 0 Å². The second kappa shape index (κ2) is 7.41. The van der Waals surface area contributed by atoms with E-state index in [0.717, 1.165) is 51.4 Å². The van der Waals surface area contributed by atoms with E-state index in [2.05, 4.69) is 30.1 Å². The normalized spacial score (nSPS) is 39.9. The van der Waals surface area contributed by atoms with E-state index < -0.39 is 0 Å². The molecular formula is C28H35FN2O2. The number of allylic oxidation sites excluding steroid dienone is 2. The highest BCUT2D eigenvalue weighted by Gasteiger charge is 2.61. The highest BCUT2D eigenvalue weighted by molar-refractivity contribution is 5.93. The molecule has 0 spiro atoms. The molecule has 0 bridgehead atoms. The Morgan fingerprint density at radius 1 is 1.06 bits per heavy atom. The zero-order valence-corrected chi connectivity index (χ0v) is 19.8. The third kappa shape index (κ3) is 3.14. The number of halogens is 1. The van der Waals surface area contributed by atoms with E-state index in [4.69, 9.17) is 0 Å². The first-order chi connectivity index (χ1) is 15.8. The van der Waals surface area contributed by atoms with Gasteiger partial charge in [0.15, 0.2) is 0 Å². The number of fused-ring (bicyclic) bond motifs is 5. The van der Waals surface area contributed by atoms with Crippen molar-refractivity contribution in [3.05, 3.63) is 41.9 Å². The predicted molar refractivity (Wildman–Crippen MR) is 125 cm³/mol. The van der Waals surface area contributed by atoms with Gasteiger partial charge in [0.25, 0.3) is 0 Å². The van der Waals surface area contributed by atoms with Gasteiger partial charge in [0, 0.05) is 29.5 Å². The van der Waals surface area contributed by atoms with Crippen molar-refractivity contribution in [2.45, 2.75) is 77.7 Å². The van der Waals surface area contributed by atoms with Crippen molar-refractivity contribution >= 4 is 17.5 Å². The SMILES string of the molecule is C[C@]12CC[C@H]3[C@@H](CC=C4N(C5CC5)C(=O)CC[C@@]43C)[C@@H]1CC[C@@H]2C(=O)Nc1ccccc1F. The highest BCUT2D eigenvalue weighted by atomic mass is 19.1. The van der Waals surface area contributed by atoms with Gasteiger partial charge < -0.3 is 10.2 Å². The third-order valence-electron chi connectivity index (χ3n) is 10.2. The molecule has 4 aliphatic carbocycles. The molecule has 6 rings (SSSR count). The van der Waals surface area contributed by atoms with Gasteiger partial charge >= 0.3 is 0 Å². The summed E-state index contributed by atoms with van der Waals surface area (Å²) in [6.07, 6.45) is 11.4. The number of benzene rings is 1. The van der Waals surface area contributed by atoms with Crippen LogP contribution in [0.3, 0.4) is 0 Å². The van der Waals surface area contributed by atoms with Crippen LogP contribution >= 0.6 is 0 Å². The van der Waals surface area contributed by atoms with Crippen LogP contribution in [0.15, 0.2) is 36.0 Å². The Hall–Kier alpha value is -2.17. The summed E-state index contributed by atoms with van der Waals surface area (Å²) in [5, 5.41) is 2.90. The molecule has 2 amide bonds. The van der Waals surface area contributed by atoms with Gasteiger partial charge in [0.2, 0.25) is 11.8 Å². The van der Waals surface area contributed by atoms with Crippen molar-refractivity contribution in [1.82, 2.24) is 4.90 Å². The lowest BCUT2D eigenvalue weighted by Gasteiger charge is -2.58. The van der Waals surface area contributed by atoms with Gasteiger partial charge in [-0.1, -0.05) is 32.1 Å². The number of amides is 2. The summed E-state index contributed by atoms with van der Waals surface area (Å²) in [4.78, 5) is 28.3. The number of para-hydroxylation sites is 1. The maximum absolute atomic E-state index is 14.2. The lowest BCUT2D eigenvalue weighted by Crippen LogP contribution is -2.55. The second-order valence-electron chi connectivity index (χ2n) is 11.8. The van der Waals surface area contributed by atoms with E-state index in [1.165, 1.54) is 11.8 Å². The third-order valence-corrected chi connectivity index (χ3v) is 10.2. The molecule has 1 N–H and O–H groups in total. The molecule has 33 heavy (non-hydrogen) atoms. The molecule has 5 heteroatoms. The molecule has 0 radical (unpaired) electrons. The summed E-state index contributed by atoms with van der Waals surface area (Å²) in [5.41, 5.74) is 1.64. The number of carbonyl (C=O) groups is 2. The molecule has 3 saturated carbocycles. The van der Waals surface area contributed by atoms with Crippen molar-refractivity contribution in [1.29, 1.82) is 0 Å². The number of nitrogens with zero attached hydrogens (tertiary/aromatic N) is 1. The fourth-order valence-electron chi connectivity index (χ4n) is 8.33. The molecule has 1 heterocycles. The van der Waals surface area contributed by atoms with E-state index in [1.807, 2.05) is 0 Å². The van der Waals surface area contributed by atoms with Crippen LogP contribution in [0.1, 0.15) is 71.6 Å². The standard InChI is InChI=1S/C28H35FN2O2/c1-27-15-13-20-18(9-12-24-28(20,2)16-14-25(32)31(24)17-7-8-17)19(27)10-11-21(27)26(33)30-23-6-4-3-5-22(23)29/h3-6,12,17-21H,7-11,13-16H2,1-2H3,(H,30,33)/t18-,19-,20-,21+,27-,28+/m0/s1. The number of carbonyl (C=O) groups excluding carboxylic acids is 2. The van der Waals surface area contributed by atoms with Crippen molar-refractivity contribution < 1.29 is 14.0 Å². The Morgan fingerprint density at radius 3 is 2.61 bits per heavy atom. The number of rotatable bonds is 3. The minimum atomic E-state index is -0.376. The predicted octanol–water partition coefficient (Wildman–Crippen LogP) is 5.90. The summed E-state index contributed by atoms with van der Waals surface area (Å²) in [7, 11) is 0. The average molecular weight is 451 g/mol. The minimum absolute atomic E-state index is 0.0232. The first-order valence-corrected chi connectivity index (χ1v) is 12.9. The quantitative estimate of drug-likeness (QED) is 0.623. The van der Waals surface area contributed by atoms with Crippen molar-refractivity contribution in [3.63, 3.8) is 0 Å². The van der Waals surface area contributed by atoms with Gasteiger partial charge in [-0.25, -0.2) is 4.39 Å². The van der Waals surface area contributed by atoms with Gasteiger partial charge in [-0.2, -0.15) is 0 Å². The lowest BCUT2D eigenvalue weighted by atomic mass is 9.49. The number of hydrogen-bond acceptors (Lipinski definition) is 2. The summed E-state index contributed by atoms with van der Waals surface area (Å²) >= 11 is 0. The van der Waals surface area contributed by atoms with Crippen LogP contribution in [-0.4, -0.2) is 22.8 Å². The number of anilines is 1. The molecule has 1 saturated heterocycles. The molecule has 4 fully saturated rings. The average Bonchev–Trinajstić information content (AvgIpc) is 3.56. The van der Waals surface area contributed by atoms with Crippen LogP contribution in [0.2, 0.25) is 0 Å². The molecule has 5 aliphatic rings. The van der Waals surface area contributed by atoms with Gasteiger partial charge in [0.1, 0.15) is 5.82 Å². The maximum atomic E-state index is 14.2. The smallest absolute Gasteiger partial charge is 0.228 e. The van der Waals surface area contributed by atoms with Crippen LogP contribution in [-0.2, 0) is 9.59 Å². The summed E-state index contributed by atoms with van der Waals surface area (Å²) < 4.78 is 14.2. The zero-order chi connectivity index (χ0) is 23.0. The minimum Gasteiger partial charge on any atom is -0.323 e. The van der Waals surface area contributed by atoms with Crippen LogP contribution in [0.25, 0.3) is 0 Å². The Bertz CT molecular complexity index is 1030.